The van der Waals surface area contributed by atoms with Crippen LogP contribution in [0.1, 0.15) is 26.2 Å². The molecular weight excluding hydrogens is 195 g/mol. The van der Waals surface area contributed by atoms with Gasteiger partial charge in [0, 0.05) is 6.61 Å². The summed E-state index contributed by atoms with van der Waals surface area (Å²) >= 11 is 0. The first kappa shape index (κ1) is 10.7. The summed E-state index contributed by atoms with van der Waals surface area (Å²) in [6.07, 6.45) is 3.33. The summed E-state index contributed by atoms with van der Waals surface area (Å²) < 4.78 is 0. The van der Waals surface area contributed by atoms with Crippen LogP contribution in [0.3, 0.4) is 0 Å². The predicted molar refractivity (Wildman–Crippen MR) is 35.2 cm³/mol. The van der Waals surface area contributed by atoms with E-state index in [9.17, 15) is 0 Å². The van der Waals surface area contributed by atoms with Crippen LogP contribution in [0.4, 0.5) is 0 Å². The Morgan fingerprint density at radius 1 is 1.29 bits per heavy atom. The molecule has 0 aliphatic heterocycles. The summed E-state index contributed by atoms with van der Waals surface area (Å²) in [6, 6.07) is 0. The van der Waals surface area contributed by atoms with E-state index in [0.29, 0.717) is 6.61 Å². The minimum atomic E-state index is 0. The first-order valence-electron chi connectivity index (χ1n) is 2.52. The third kappa shape index (κ3) is 10.8. The molecule has 0 aromatic rings. The number of aliphatic hydroxyl groups excluding tert-OH is 1. The molecule has 0 bridgehead atoms. The second kappa shape index (κ2) is 9.90. The van der Waals surface area contributed by atoms with Crippen LogP contribution >= 0.6 is 0 Å². The van der Waals surface area contributed by atoms with E-state index < -0.39 is 0 Å². The van der Waals surface area contributed by atoms with Crippen LogP contribution in [-0.2, 0) is 0 Å². The van der Waals surface area contributed by atoms with Crippen LogP contribution in [0.25, 0.3) is 0 Å². The first-order chi connectivity index (χ1) is 2.91. The molecular formula is C5H14OSn. The molecule has 2 radical (unpaired) electrons. The van der Waals surface area contributed by atoms with Crippen LogP contribution < -0.4 is 0 Å². The van der Waals surface area contributed by atoms with Gasteiger partial charge in [0.05, 0.1) is 0 Å². The molecule has 0 spiro atoms. The molecule has 0 aromatic carbocycles. The Kier molecular flexibility index (Phi) is 15.1. The Morgan fingerprint density at radius 3 is 2.00 bits per heavy atom. The fraction of sp³-hybridized carbons (Fsp3) is 1.00. The van der Waals surface area contributed by atoms with E-state index in [1.165, 1.54) is 6.42 Å². The molecule has 0 unspecified atom stereocenters. The second-order valence-electron chi connectivity index (χ2n) is 1.43. The van der Waals surface area contributed by atoms with Crippen LogP contribution in [0.15, 0.2) is 0 Å². The zero-order chi connectivity index (χ0) is 4.83. The van der Waals surface area contributed by atoms with Crippen molar-refractivity contribution in [2.45, 2.75) is 26.2 Å². The zero-order valence-corrected chi connectivity index (χ0v) is 9.02. The summed E-state index contributed by atoms with van der Waals surface area (Å²) in [5.41, 5.74) is 0. The summed E-state index contributed by atoms with van der Waals surface area (Å²) in [4.78, 5) is 0. The van der Waals surface area contributed by atoms with E-state index in [2.05, 4.69) is 6.92 Å². The minimum absolute atomic E-state index is 0. The number of hydrogen-bond donors (Lipinski definition) is 1. The molecule has 0 aromatic heterocycles. The Labute approximate surface area is 62.1 Å². The van der Waals surface area contributed by atoms with Crippen molar-refractivity contribution in [3.05, 3.63) is 0 Å². The summed E-state index contributed by atoms with van der Waals surface area (Å²) in [6.45, 7) is 2.48. The number of rotatable bonds is 3. The van der Waals surface area contributed by atoms with E-state index in [0.717, 1.165) is 12.8 Å². The summed E-state index contributed by atoms with van der Waals surface area (Å²) in [5, 5.41) is 8.20. The maximum absolute atomic E-state index is 8.20. The molecule has 44 valence electrons. The van der Waals surface area contributed by atoms with E-state index in [1.54, 1.807) is 0 Å². The van der Waals surface area contributed by atoms with Gasteiger partial charge < -0.3 is 5.11 Å². The number of unbranched alkanes of at least 4 members (excludes halogenated alkanes) is 2. The van der Waals surface area contributed by atoms with E-state index in [-0.39, 0.29) is 23.9 Å². The van der Waals surface area contributed by atoms with Gasteiger partial charge in [-0.05, 0) is 6.42 Å². The molecule has 0 saturated carbocycles. The van der Waals surface area contributed by atoms with Crippen molar-refractivity contribution in [2.24, 2.45) is 0 Å². The van der Waals surface area contributed by atoms with Crippen molar-refractivity contribution >= 4 is 23.9 Å². The fourth-order valence-corrected chi connectivity index (χ4v) is 0.362. The molecule has 0 aliphatic carbocycles. The van der Waals surface area contributed by atoms with Crippen molar-refractivity contribution in [2.75, 3.05) is 6.61 Å². The number of hydrogen-bond acceptors (Lipinski definition) is 1. The molecule has 7 heavy (non-hydrogen) atoms. The zero-order valence-electron chi connectivity index (χ0n) is 4.98. The first-order valence-corrected chi connectivity index (χ1v) is 2.52. The normalized spacial score (nSPS) is 7.71. The van der Waals surface area contributed by atoms with Gasteiger partial charge in [-0.1, -0.05) is 19.8 Å². The third-order valence-electron chi connectivity index (χ3n) is 0.762. The van der Waals surface area contributed by atoms with Gasteiger partial charge in [-0.3, -0.25) is 0 Å². The van der Waals surface area contributed by atoms with Crippen LogP contribution in [0.5, 0.6) is 0 Å². The van der Waals surface area contributed by atoms with Gasteiger partial charge in [-0.2, -0.15) is 0 Å². The average Bonchev–Trinajstić information content (AvgIpc) is 1.61. The van der Waals surface area contributed by atoms with Crippen molar-refractivity contribution in [1.82, 2.24) is 0 Å². The Morgan fingerprint density at radius 2 is 1.86 bits per heavy atom. The van der Waals surface area contributed by atoms with E-state index in [1.807, 2.05) is 0 Å². The number of aliphatic hydroxyl groups is 1. The van der Waals surface area contributed by atoms with Gasteiger partial charge in [0.2, 0.25) is 0 Å². The molecule has 0 fully saturated rings. The molecule has 0 heterocycles. The second-order valence-corrected chi connectivity index (χ2v) is 1.43. The molecule has 2 heteroatoms. The van der Waals surface area contributed by atoms with Gasteiger partial charge in [0.15, 0.2) is 0 Å². The van der Waals surface area contributed by atoms with Gasteiger partial charge in [-0.25, -0.2) is 0 Å². The molecule has 0 rings (SSSR count). The van der Waals surface area contributed by atoms with E-state index >= 15 is 0 Å². The van der Waals surface area contributed by atoms with Crippen LogP contribution in [-0.4, -0.2) is 35.6 Å². The van der Waals surface area contributed by atoms with Gasteiger partial charge in [0.25, 0.3) is 0 Å². The monoisotopic (exact) mass is 210 g/mol. The third-order valence-corrected chi connectivity index (χ3v) is 0.762. The standard InChI is InChI=1S/C5H12O.Sn.2H/c1-2-3-4-5-6;;;/h6H,2-5H2,1H3;;;. The molecule has 0 atom stereocenters. The SMILES string of the molecule is CCCCCO.[SnH2]. The topological polar surface area (TPSA) is 20.2 Å². The molecule has 0 saturated heterocycles. The van der Waals surface area contributed by atoms with E-state index in [4.69, 9.17) is 5.11 Å². The predicted octanol–water partition coefficient (Wildman–Crippen LogP) is 0.253. The van der Waals surface area contributed by atoms with Gasteiger partial charge >= 0.3 is 23.9 Å². The fourth-order valence-electron chi connectivity index (χ4n) is 0.362. The summed E-state index contributed by atoms with van der Waals surface area (Å²) in [7, 11) is 0. The Balaban J connectivity index is 0. The van der Waals surface area contributed by atoms with Crippen molar-refractivity contribution < 1.29 is 5.11 Å². The molecule has 0 amide bonds. The maximum atomic E-state index is 8.20. The Bertz CT molecular complexity index is 20.0. The average molecular weight is 209 g/mol. The van der Waals surface area contributed by atoms with Crippen molar-refractivity contribution in [3.63, 3.8) is 0 Å². The van der Waals surface area contributed by atoms with Gasteiger partial charge in [-0.15, -0.1) is 0 Å². The quantitative estimate of drug-likeness (QED) is 0.521. The van der Waals surface area contributed by atoms with Gasteiger partial charge in [0.1, 0.15) is 0 Å². The molecule has 0 aliphatic rings. The summed E-state index contributed by atoms with van der Waals surface area (Å²) in [5.74, 6) is 0. The van der Waals surface area contributed by atoms with Crippen LogP contribution in [0.2, 0.25) is 0 Å². The molecule has 1 N–H and O–H groups in total. The molecule has 1 nitrogen and oxygen atoms in total. The van der Waals surface area contributed by atoms with Crippen LogP contribution in [0, 0.1) is 0 Å². The Hall–Kier alpha value is 0.759. The van der Waals surface area contributed by atoms with Crippen molar-refractivity contribution in [1.29, 1.82) is 0 Å². The van der Waals surface area contributed by atoms with Crippen molar-refractivity contribution in [3.8, 4) is 0 Å².